The van der Waals surface area contributed by atoms with Gasteiger partial charge in [0, 0.05) is 7.05 Å². The van der Waals surface area contributed by atoms with Crippen molar-refractivity contribution >= 4 is 32.1 Å². The summed E-state index contributed by atoms with van der Waals surface area (Å²) in [6.45, 7) is 0.877. The van der Waals surface area contributed by atoms with Gasteiger partial charge in [0.05, 0.1) is 13.7 Å². The van der Waals surface area contributed by atoms with Crippen molar-refractivity contribution < 1.29 is 36.3 Å². The van der Waals surface area contributed by atoms with E-state index in [-0.39, 0.29) is 10.7 Å². The molecule has 0 aliphatic carbocycles. The quantitative estimate of drug-likeness (QED) is 0.437. The number of hydrogen-bond acceptors (Lipinski definition) is 8. The summed E-state index contributed by atoms with van der Waals surface area (Å²) in [5.41, 5.74) is 0. The van der Waals surface area contributed by atoms with Crippen molar-refractivity contribution in [2.24, 2.45) is 0 Å². The van der Waals surface area contributed by atoms with E-state index in [9.17, 15) is 26.4 Å². The van der Waals surface area contributed by atoms with E-state index in [1.54, 1.807) is 6.92 Å². The number of hydrogen-bond donors (Lipinski definition) is 2. The molecule has 1 aliphatic rings. The highest BCUT2D eigenvalue weighted by Crippen LogP contribution is 2.25. The minimum absolute atomic E-state index is 0.237. The van der Waals surface area contributed by atoms with Crippen LogP contribution in [0.3, 0.4) is 0 Å². The van der Waals surface area contributed by atoms with E-state index >= 15 is 0 Å². The Kier molecular flexibility index (Phi) is 6.69. The molecule has 24 heavy (non-hydrogen) atoms. The van der Waals surface area contributed by atoms with Crippen molar-refractivity contribution in [2.75, 3.05) is 26.6 Å². The standard InChI is InChI=1S/C11H21N3O8S2/c1-4-5-9-10(16)14(24(20,21)13(9)2)7-23(18,19)12-8(6-15)11(17)22-3/h8-9,12,15H,4-7H2,1-3H3/t8-,9?/m0/s1. The van der Waals surface area contributed by atoms with Gasteiger partial charge in [0.2, 0.25) is 10.0 Å². The van der Waals surface area contributed by atoms with E-state index in [0.29, 0.717) is 6.42 Å². The lowest BCUT2D eigenvalue weighted by atomic mass is 10.1. The minimum Gasteiger partial charge on any atom is -0.468 e. The van der Waals surface area contributed by atoms with Crippen LogP contribution in [0.15, 0.2) is 0 Å². The number of aliphatic hydroxyl groups excluding tert-OH is 1. The number of amides is 1. The predicted molar refractivity (Wildman–Crippen MR) is 82.0 cm³/mol. The zero-order valence-electron chi connectivity index (χ0n) is 13.5. The maximum atomic E-state index is 12.2. The molecule has 0 aromatic carbocycles. The van der Waals surface area contributed by atoms with Crippen LogP contribution in [0.1, 0.15) is 19.8 Å². The summed E-state index contributed by atoms with van der Waals surface area (Å²) in [6.07, 6.45) is 0.782. The molecule has 1 rings (SSSR count). The molecule has 140 valence electrons. The van der Waals surface area contributed by atoms with Gasteiger partial charge in [0.1, 0.15) is 12.1 Å². The number of aliphatic hydroxyl groups is 1. The molecule has 0 aromatic heterocycles. The van der Waals surface area contributed by atoms with Crippen LogP contribution in [0.4, 0.5) is 0 Å². The number of likely N-dealkylation sites (N-methyl/N-ethyl adjacent to an activating group) is 1. The van der Waals surface area contributed by atoms with Crippen LogP contribution in [-0.2, 0) is 34.6 Å². The highest BCUT2D eigenvalue weighted by atomic mass is 32.2. The Bertz CT molecular complexity index is 690. The molecule has 0 aromatic rings. The highest BCUT2D eigenvalue weighted by Gasteiger charge is 2.49. The maximum absolute atomic E-state index is 12.2. The number of esters is 1. The first-order valence-electron chi connectivity index (χ1n) is 7.00. The summed E-state index contributed by atoms with van der Waals surface area (Å²) in [5.74, 6) is -3.09. The van der Waals surface area contributed by atoms with Crippen LogP contribution in [0, 0.1) is 0 Å². The Morgan fingerprint density at radius 3 is 2.50 bits per heavy atom. The summed E-state index contributed by atoms with van der Waals surface area (Å²) in [7, 11) is -6.49. The van der Waals surface area contributed by atoms with Crippen molar-refractivity contribution in [2.45, 2.75) is 31.8 Å². The van der Waals surface area contributed by atoms with Gasteiger partial charge in [0.25, 0.3) is 5.91 Å². The topological polar surface area (TPSA) is 150 Å². The largest absolute Gasteiger partial charge is 0.468 e. The molecule has 0 radical (unpaired) electrons. The van der Waals surface area contributed by atoms with Crippen molar-refractivity contribution in [3.8, 4) is 0 Å². The maximum Gasteiger partial charge on any atom is 0.326 e. The minimum atomic E-state index is -4.41. The molecule has 1 saturated heterocycles. The third-order valence-electron chi connectivity index (χ3n) is 3.45. The number of ether oxygens (including phenoxy) is 1. The van der Waals surface area contributed by atoms with Gasteiger partial charge >= 0.3 is 16.2 Å². The molecular weight excluding hydrogens is 366 g/mol. The number of nitrogens with one attached hydrogen (secondary N) is 1. The number of sulfonamides is 1. The molecular formula is C11H21N3O8S2. The van der Waals surface area contributed by atoms with Crippen LogP contribution in [0.25, 0.3) is 0 Å². The monoisotopic (exact) mass is 387 g/mol. The molecule has 2 atom stereocenters. The third-order valence-corrected chi connectivity index (χ3v) is 6.71. The Labute approximate surface area is 140 Å². The first kappa shape index (κ1) is 20.8. The van der Waals surface area contributed by atoms with E-state index in [0.717, 1.165) is 11.4 Å². The second-order valence-electron chi connectivity index (χ2n) is 5.14. The Balaban J connectivity index is 3.01. The van der Waals surface area contributed by atoms with Gasteiger partial charge in [0.15, 0.2) is 5.88 Å². The molecule has 0 spiro atoms. The smallest absolute Gasteiger partial charge is 0.326 e. The van der Waals surface area contributed by atoms with Crippen LogP contribution < -0.4 is 4.72 Å². The second-order valence-corrected chi connectivity index (χ2v) is 8.77. The first-order chi connectivity index (χ1) is 11.0. The number of nitrogens with zero attached hydrogens (tertiary/aromatic N) is 2. The number of carbonyl (C=O) groups excluding carboxylic acids is 2. The Hall–Kier alpha value is -1.28. The summed E-state index contributed by atoms with van der Waals surface area (Å²) >= 11 is 0. The van der Waals surface area contributed by atoms with Crippen molar-refractivity contribution in [1.29, 1.82) is 0 Å². The van der Waals surface area contributed by atoms with E-state index in [2.05, 4.69) is 4.74 Å². The molecule has 2 N–H and O–H groups in total. The average molecular weight is 387 g/mol. The van der Waals surface area contributed by atoms with Crippen LogP contribution >= 0.6 is 0 Å². The van der Waals surface area contributed by atoms with E-state index in [1.807, 2.05) is 4.72 Å². The van der Waals surface area contributed by atoms with Crippen LogP contribution in [0.5, 0.6) is 0 Å². The van der Waals surface area contributed by atoms with Crippen molar-refractivity contribution in [3.63, 3.8) is 0 Å². The van der Waals surface area contributed by atoms with Gasteiger partial charge in [-0.15, -0.1) is 0 Å². The summed E-state index contributed by atoms with van der Waals surface area (Å²) in [4.78, 5) is 23.5. The molecule has 1 amide bonds. The summed E-state index contributed by atoms with van der Waals surface area (Å²) in [6, 6.07) is -2.56. The third kappa shape index (κ3) is 4.22. The number of methoxy groups -OCH3 is 1. The van der Waals surface area contributed by atoms with Gasteiger partial charge in [-0.3, -0.25) is 9.59 Å². The van der Waals surface area contributed by atoms with Gasteiger partial charge in [-0.05, 0) is 6.42 Å². The first-order valence-corrected chi connectivity index (χ1v) is 10.0. The lowest BCUT2D eigenvalue weighted by molar-refractivity contribution is -0.143. The van der Waals surface area contributed by atoms with Gasteiger partial charge in [-0.25, -0.2) is 12.7 Å². The molecule has 11 nitrogen and oxygen atoms in total. The fourth-order valence-corrected chi connectivity index (χ4v) is 5.41. The van der Waals surface area contributed by atoms with E-state index in [1.165, 1.54) is 7.05 Å². The lowest BCUT2D eigenvalue weighted by Crippen LogP contribution is -2.48. The average Bonchev–Trinajstić information content (AvgIpc) is 2.66. The van der Waals surface area contributed by atoms with Gasteiger partial charge in [-0.1, -0.05) is 13.3 Å². The number of carbonyl (C=O) groups is 2. The van der Waals surface area contributed by atoms with E-state index < -0.39 is 56.7 Å². The molecule has 0 bridgehead atoms. The highest BCUT2D eigenvalue weighted by molar-refractivity contribution is 7.92. The zero-order chi connectivity index (χ0) is 18.7. The van der Waals surface area contributed by atoms with Gasteiger partial charge in [-0.2, -0.15) is 17.4 Å². The normalized spacial score (nSPS) is 22.6. The van der Waals surface area contributed by atoms with Crippen LogP contribution in [-0.4, -0.2) is 81.2 Å². The number of rotatable bonds is 8. The molecule has 1 aliphatic heterocycles. The van der Waals surface area contributed by atoms with Crippen molar-refractivity contribution in [1.82, 2.24) is 13.3 Å². The van der Waals surface area contributed by atoms with Crippen molar-refractivity contribution in [3.05, 3.63) is 0 Å². The molecule has 0 saturated carbocycles. The zero-order valence-corrected chi connectivity index (χ0v) is 15.1. The molecule has 1 unspecified atom stereocenters. The lowest BCUT2D eigenvalue weighted by Gasteiger charge is -2.18. The Morgan fingerprint density at radius 1 is 1.46 bits per heavy atom. The predicted octanol–water partition coefficient (Wildman–Crippen LogP) is -2.42. The Morgan fingerprint density at radius 2 is 2.04 bits per heavy atom. The van der Waals surface area contributed by atoms with Crippen LogP contribution in [0.2, 0.25) is 0 Å². The summed E-state index contributed by atoms with van der Waals surface area (Å²) in [5, 5.41) is 9.03. The SMILES string of the molecule is CCCC1C(=O)N(CS(=O)(=O)N[C@@H](CO)C(=O)OC)S(=O)(=O)N1C. The van der Waals surface area contributed by atoms with Gasteiger partial charge < -0.3 is 9.84 Å². The fourth-order valence-electron chi connectivity index (χ4n) is 2.17. The molecule has 1 heterocycles. The fraction of sp³-hybridized carbons (Fsp3) is 0.818. The second kappa shape index (κ2) is 7.74. The van der Waals surface area contributed by atoms with E-state index in [4.69, 9.17) is 5.11 Å². The summed E-state index contributed by atoms with van der Waals surface area (Å²) < 4.78 is 55.7. The molecule has 13 heteroatoms. The molecule has 1 fully saturated rings.